The Kier molecular flexibility index (Phi) is 10.3. The van der Waals surface area contributed by atoms with Gasteiger partial charge in [0.1, 0.15) is 12.6 Å². The molecule has 2 unspecified atom stereocenters. The average molecular weight is 550 g/mol. The van der Waals surface area contributed by atoms with Crippen LogP contribution in [0.4, 0.5) is 5.69 Å². The van der Waals surface area contributed by atoms with E-state index in [-0.39, 0.29) is 18.5 Å². The number of hydrogen-bond acceptors (Lipinski definition) is 4. The Bertz CT molecular complexity index is 1340. The van der Waals surface area contributed by atoms with Gasteiger partial charge in [0, 0.05) is 19.0 Å². The normalized spacial score (nSPS) is 12.8. The number of nitrogens with zero attached hydrogens (tertiary/aromatic N) is 2. The van der Waals surface area contributed by atoms with Crippen LogP contribution in [0.15, 0.2) is 78.9 Å². The topological polar surface area (TPSA) is 86.8 Å². The molecule has 0 saturated heterocycles. The third-order valence-corrected chi connectivity index (χ3v) is 7.95. The molecule has 1 N–H and O–H groups in total. The van der Waals surface area contributed by atoms with E-state index in [2.05, 4.69) is 5.32 Å². The number of anilines is 1. The van der Waals surface area contributed by atoms with Crippen LogP contribution in [0, 0.1) is 13.8 Å². The molecular formula is C31H39N3O4S. The van der Waals surface area contributed by atoms with Crippen LogP contribution >= 0.6 is 0 Å². The van der Waals surface area contributed by atoms with Crippen molar-refractivity contribution in [3.63, 3.8) is 0 Å². The van der Waals surface area contributed by atoms with Crippen molar-refractivity contribution >= 4 is 27.5 Å². The molecule has 0 radical (unpaired) electrons. The number of hydrogen-bond donors (Lipinski definition) is 1. The summed E-state index contributed by atoms with van der Waals surface area (Å²) in [5, 5.41) is 3.04. The molecule has 0 aromatic heterocycles. The average Bonchev–Trinajstić information content (AvgIpc) is 2.90. The fourth-order valence-corrected chi connectivity index (χ4v) is 5.51. The first kappa shape index (κ1) is 29.9. The molecule has 0 aliphatic rings. The van der Waals surface area contributed by atoms with Crippen LogP contribution in [0.5, 0.6) is 0 Å². The quantitative estimate of drug-likeness (QED) is 0.357. The summed E-state index contributed by atoms with van der Waals surface area (Å²) in [6.45, 7) is 7.30. The summed E-state index contributed by atoms with van der Waals surface area (Å²) in [7, 11) is -3.81. The molecule has 0 aliphatic carbocycles. The number of amides is 2. The Morgan fingerprint density at radius 1 is 0.846 bits per heavy atom. The minimum absolute atomic E-state index is 0.0772. The molecular weight excluding hydrogens is 510 g/mol. The van der Waals surface area contributed by atoms with Crippen molar-refractivity contribution in [2.24, 2.45) is 0 Å². The third kappa shape index (κ3) is 8.17. The smallest absolute Gasteiger partial charge is 0.244 e. The van der Waals surface area contributed by atoms with E-state index in [0.717, 1.165) is 39.2 Å². The second-order valence-electron chi connectivity index (χ2n) is 10.0. The van der Waals surface area contributed by atoms with Crippen LogP contribution in [0.1, 0.15) is 42.5 Å². The Hall–Kier alpha value is -3.65. The lowest BCUT2D eigenvalue weighted by atomic mass is 10.0. The van der Waals surface area contributed by atoms with Crippen LogP contribution in [0.2, 0.25) is 0 Å². The summed E-state index contributed by atoms with van der Waals surface area (Å²) in [5.74, 6) is -0.720. The van der Waals surface area contributed by atoms with Crippen molar-refractivity contribution in [3.8, 4) is 0 Å². The molecule has 2 amide bonds. The van der Waals surface area contributed by atoms with Gasteiger partial charge >= 0.3 is 0 Å². The SMILES string of the molecule is CCC(C)NC(=O)C(Cc1ccccc1)N(Cc1ccccc1)C(=O)CN(c1c(C)cccc1C)S(C)(=O)=O. The van der Waals surface area contributed by atoms with Crippen LogP contribution in [-0.2, 0) is 32.6 Å². The number of aryl methyl sites for hydroxylation is 2. The molecule has 3 rings (SSSR count). The van der Waals surface area contributed by atoms with E-state index in [9.17, 15) is 18.0 Å². The fourth-order valence-electron chi connectivity index (χ4n) is 4.55. The standard InChI is InChI=1S/C31H39N3O4S/c1-6-25(4)32-31(36)28(20-26-16-9-7-10-17-26)33(21-27-18-11-8-12-19-27)29(35)22-34(39(5,37)38)30-23(2)14-13-15-24(30)3/h7-19,25,28H,6,20-22H2,1-5H3,(H,32,36). The lowest BCUT2D eigenvalue weighted by Crippen LogP contribution is -2.54. The van der Waals surface area contributed by atoms with Gasteiger partial charge in [0.25, 0.3) is 0 Å². The second-order valence-corrected chi connectivity index (χ2v) is 11.9. The number of benzene rings is 3. The first-order chi connectivity index (χ1) is 18.5. The van der Waals surface area contributed by atoms with Gasteiger partial charge in [-0.1, -0.05) is 85.8 Å². The largest absolute Gasteiger partial charge is 0.352 e. The van der Waals surface area contributed by atoms with Crippen LogP contribution in [0.25, 0.3) is 0 Å². The fraction of sp³-hybridized carbons (Fsp3) is 0.355. The molecule has 0 spiro atoms. The highest BCUT2D eigenvalue weighted by Gasteiger charge is 2.34. The summed E-state index contributed by atoms with van der Waals surface area (Å²) in [6.07, 6.45) is 2.14. The van der Waals surface area contributed by atoms with E-state index in [1.54, 1.807) is 0 Å². The number of rotatable bonds is 12. The number of carbonyl (C=O) groups is 2. The Labute approximate surface area is 232 Å². The lowest BCUT2D eigenvalue weighted by molar-refractivity contribution is -0.140. The Balaban J connectivity index is 2.07. The molecule has 3 aromatic rings. The molecule has 0 aliphatic heterocycles. The maximum Gasteiger partial charge on any atom is 0.244 e. The minimum atomic E-state index is -3.81. The number of sulfonamides is 1. The van der Waals surface area contributed by atoms with E-state index in [4.69, 9.17) is 0 Å². The zero-order valence-electron chi connectivity index (χ0n) is 23.4. The van der Waals surface area contributed by atoms with Crippen molar-refractivity contribution in [1.29, 1.82) is 0 Å². The number of para-hydroxylation sites is 1. The summed E-state index contributed by atoms with van der Waals surface area (Å²) in [6, 6.07) is 23.6. The summed E-state index contributed by atoms with van der Waals surface area (Å²) in [5.41, 5.74) is 3.73. The van der Waals surface area contributed by atoms with Gasteiger partial charge < -0.3 is 10.2 Å². The summed E-state index contributed by atoms with van der Waals surface area (Å²) < 4.78 is 27.2. The highest BCUT2D eigenvalue weighted by molar-refractivity contribution is 7.92. The van der Waals surface area contributed by atoms with Crippen LogP contribution in [0.3, 0.4) is 0 Å². The third-order valence-electron chi connectivity index (χ3n) is 6.84. The second kappa shape index (κ2) is 13.4. The summed E-state index contributed by atoms with van der Waals surface area (Å²) in [4.78, 5) is 29.3. The summed E-state index contributed by atoms with van der Waals surface area (Å²) >= 11 is 0. The number of nitrogens with one attached hydrogen (secondary N) is 1. The van der Waals surface area contributed by atoms with Crippen molar-refractivity contribution < 1.29 is 18.0 Å². The zero-order chi connectivity index (χ0) is 28.6. The highest BCUT2D eigenvalue weighted by Crippen LogP contribution is 2.27. The molecule has 2 atom stereocenters. The van der Waals surface area contributed by atoms with Crippen molar-refractivity contribution in [2.45, 2.75) is 59.2 Å². The van der Waals surface area contributed by atoms with E-state index < -0.39 is 28.5 Å². The maximum absolute atomic E-state index is 14.1. The molecule has 208 valence electrons. The van der Waals surface area contributed by atoms with E-state index in [1.807, 2.05) is 107 Å². The van der Waals surface area contributed by atoms with Gasteiger partial charge in [0.05, 0.1) is 11.9 Å². The van der Waals surface area contributed by atoms with Crippen molar-refractivity contribution in [2.75, 3.05) is 17.1 Å². The van der Waals surface area contributed by atoms with Gasteiger partial charge in [-0.15, -0.1) is 0 Å². The van der Waals surface area contributed by atoms with Crippen LogP contribution in [-0.4, -0.2) is 50.0 Å². The van der Waals surface area contributed by atoms with Gasteiger partial charge in [-0.25, -0.2) is 8.42 Å². The van der Waals surface area contributed by atoms with Gasteiger partial charge in [0.2, 0.25) is 21.8 Å². The zero-order valence-corrected chi connectivity index (χ0v) is 24.2. The molecule has 3 aromatic carbocycles. The van der Waals surface area contributed by atoms with Gasteiger partial charge in [-0.05, 0) is 49.4 Å². The maximum atomic E-state index is 14.1. The number of carbonyl (C=O) groups excluding carboxylic acids is 2. The molecule has 0 fully saturated rings. The van der Waals surface area contributed by atoms with Gasteiger partial charge in [-0.2, -0.15) is 0 Å². The highest BCUT2D eigenvalue weighted by atomic mass is 32.2. The van der Waals surface area contributed by atoms with Crippen molar-refractivity contribution in [1.82, 2.24) is 10.2 Å². The minimum Gasteiger partial charge on any atom is -0.352 e. The van der Waals surface area contributed by atoms with E-state index >= 15 is 0 Å². The lowest BCUT2D eigenvalue weighted by Gasteiger charge is -2.34. The van der Waals surface area contributed by atoms with Crippen LogP contribution < -0.4 is 9.62 Å². The first-order valence-electron chi connectivity index (χ1n) is 13.2. The predicted octanol–water partition coefficient (Wildman–Crippen LogP) is 4.62. The van der Waals surface area contributed by atoms with Crippen molar-refractivity contribution in [3.05, 3.63) is 101 Å². The molecule has 0 saturated carbocycles. The van der Waals surface area contributed by atoms with E-state index in [1.165, 1.54) is 4.90 Å². The Morgan fingerprint density at radius 3 is 1.90 bits per heavy atom. The molecule has 0 bridgehead atoms. The molecule has 8 heteroatoms. The Morgan fingerprint density at radius 2 is 1.38 bits per heavy atom. The van der Waals surface area contributed by atoms with E-state index in [0.29, 0.717) is 12.1 Å². The monoisotopic (exact) mass is 549 g/mol. The molecule has 7 nitrogen and oxygen atoms in total. The molecule has 39 heavy (non-hydrogen) atoms. The predicted molar refractivity (Wildman–Crippen MR) is 157 cm³/mol. The molecule has 0 heterocycles. The van der Waals surface area contributed by atoms with Gasteiger partial charge in [0.15, 0.2) is 0 Å². The van der Waals surface area contributed by atoms with Gasteiger partial charge in [-0.3, -0.25) is 13.9 Å². The first-order valence-corrected chi connectivity index (χ1v) is 15.1.